The van der Waals surface area contributed by atoms with Crippen LogP contribution in [0, 0.1) is 0 Å². The predicted molar refractivity (Wildman–Crippen MR) is 75.6 cm³/mol. The Morgan fingerprint density at radius 2 is 1.86 bits per heavy atom. The van der Waals surface area contributed by atoms with Gasteiger partial charge in [0.05, 0.1) is 7.11 Å². The number of carboxylic acid groups (broad SMARTS) is 1. The van der Waals surface area contributed by atoms with Crippen LogP contribution in [0.4, 0.5) is 5.69 Å². The van der Waals surface area contributed by atoms with E-state index in [0.29, 0.717) is 24.4 Å². The monoisotopic (exact) mass is 291 g/mol. The molecule has 0 radical (unpaired) electrons. The summed E-state index contributed by atoms with van der Waals surface area (Å²) in [5.41, 5.74) is -0.960. The number of hydrogen-bond donors (Lipinski definition) is 1. The largest absolute Gasteiger partial charge is 0.497 e. The molecule has 1 saturated heterocycles. The van der Waals surface area contributed by atoms with Crippen LogP contribution in [0.2, 0.25) is 0 Å². The normalized spacial score (nSPS) is 21.1. The van der Waals surface area contributed by atoms with Crippen LogP contribution < -0.4 is 9.64 Å². The summed E-state index contributed by atoms with van der Waals surface area (Å²) in [4.78, 5) is 36.9. The number of carboxylic acids is 1. The number of carbonyl (C=O) groups is 3. The van der Waals surface area contributed by atoms with Crippen LogP contribution in [0.5, 0.6) is 5.75 Å². The molecule has 1 fully saturated rings. The molecule has 1 unspecified atom stereocenters. The molecule has 1 aromatic carbocycles. The lowest BCUT2D eigenvalue weighted by molar-refractivity contribution is -0.153. The first-order chi connectivity index (χ1) is 9.93. The smallest absolute Gasteiger partial charge is 0.375 e. The van der Waals surface area contributed by atoms with Gasteiger partial charge in [-0.25, -0.2) is 4.79 Å². The fraction of sp³-hybridized carbons (Fsp3) is 0.400. The van der Waals surface area contributed by atoms with Gasteiger partial charge in [0.1, 0.15) is 5.75 Å². The molecule has 112 valence electrons. The summed E-state index contributed by atoms with van der Waals surface area (Å²) in [6.45, 7) is 1.73. The zero-order chi connectivity index (χ0) is 15.6. The van der Waals surface area contributed by atoms with Gasteiger partial charge < -0.3 is 14.7 Å². The number of benzene rings is 1. The number of aliphatic carboxylic acids is 1. The Bertz CT molecular complexity index is 580. The molecule has 1 atom stereocenters. The summed E-state index contributed by atoms with van der Waals surface area (Å²) in [6.07, 6.45) is 0.810. The van der Waals surface area contributed by atoms with Gasteiger partial charge in [-0.15, -0.1) is 0 Å². The summed E-state index contributed by atoms with van der Waals surface area (Å²) in [5, 5.41) is 9.05. The van der Waals surface area contributed by atoms with E-state index in [9.17, 15) is 14.4 Å². The van der Waals surface area contributed by atoms with Crippen LogP contribution in [0.3, 0.4) is 0 Å². The van der Waals surface area contributed by atoms with Gasteiger partial charge in [0.15, 0.2) is 11.3 Å². The zero-order valence-corrected chi connectivity index (χ0v) is 12.0. The van der Waals surface area contributed by atoms with Gasteiger partial charge in [-0.05, 0) is 44.0 Å². The number of anilines is 1. The minimum absolute atomic E-state index is 0.222. The van der Waals surface area contributed by atoms with Crippen molar-refractivity contribution in [2.45, 2.75) is 25.3 Å². The topological polar surface area (TPSA) is 83.9 Å². The summed E-state index contributed by atoms with van der Waals surface area (Å²) >= 11 is 0. The first-order valence-corrected chi connectivity index (χ1v) is 6.64. The number of Topliss-reactive ketones (excluding diaryl/α,β-unsaturated/α-hetero) is 2. The van der Waals surface area contributed by atoms with Crippen molar-refractivity contribution < 1.29 is 24.2 Å². The lowest BCUT2D eigenvalue weighted by atomic mass is 9.86. The average molecular weight is 291 g/mol. The maximum absolute atomic E-state index is 12.1. The molecule has 6 nitrogen and oxygen atoms in total. The van der Waals surface area contributed by atoms with E-state index in [0.717, 1.165) is 0 Å². The number of ketones is 2. The standard InChI is InChI=1S/C15H17NO5/c1-10(17)15(13(18)14(19)20)8-3-9-16(15)11-4-6-12(21-2)7-5-11/h4-7H,3,8-9H2,1-2H3,(H,19,20). The summed E-state index contributed by atoms with van der Waals surface area (Å²) in [5.74, 6) is -2.44. The van der Waals surface area contributed by atoms with Crippen molar-refractivity contribution in [1.29, 1.82) is 0 Å². The Morgan fingerprint density at radius 1 is 1.24 bits per heavy atom. The van der Waals surface area contributed by atoms with E-state index in [-0.39, 0.29) is 6.42 Å². The van der Waals surface area contributed by atoms with Crippen molar-refractivity contribution in [3.63, 3.8) is 0 Å². The quantitative estimate of drug-likeness (QED) is 0.650. The molecule has 21 heavy (non-hydrogen) atoms. The van der Waals surface area contributed by atoms with Crippen molar-refractivity contribution in [2.75, 3.05) is 18.6 Å². The third-order valence-corrected chi connectivity index (χ3v) is 3.92. The molecule has 0 aliphatic carbocycles. The van der Waals surface area contributed by atoms with Crippen molar-refractivity contribution >= 4 is 23.2 Å². The fourth-order valence-corrected chi connectivity index (χ4v) is 2.87. The van der Waals surface area contributed by atoms with Gasteiger partial charge in [-0.3, -0.25) is 9.59 Å². The number of hydrogen-bond acceptors (Lipinski definition) is 5. The maximum atomic E-state index is 12.1. The van der Waals surface area contributed by atoms with Crippen molar-refractivity contribution in [1.82, 2.24) is 0 Å². The van der Waals surface area contributed by atoms with Gasteiger partial charge in [0.25, 0.3) is 5.78 Å². The predicted octanol–water partition coefficient (Wildman–Crippen LogP) is 1.28. The number of methoxy groups -OCH3 is 1. The first-order valence-electron chi connectivity index (χ1n) is 6.64. The minimum atomic E-state index is -1.60. The number of ether oxygens (including phenoxy) is 1. The number of rotatable bonds is 5. The molecule has 1 N–H and O–H groups in total. The molecule has 0 aromatic heterocycles. The Labute approximate surface area is 122 Å². The molecule has 0 saturated carbocycles. The van der Waals surface area contributed by atoms with E-state index in [4.69, 9.17) is 9.84 Å². The Kier molecular flexibility index (Phi) is 3.97. The van der Waals surface area contributed by atoms with Crippen LogP contribution in [0.25, 0.3) is 0 Å². The van der Waals surface area contributed by atoms with Crippen LogP contribution in [0.1, 0.15) is 19.8 Å². The fourth-order valence-electron chi connectivity index (χ4n) is 2.87. The highest BCUT2D eigenvalue weighted by atomic mass is 16.5. The maximum Gasteiger partial charge on any atom is 0.375 e. The second kappa shape index (κ2) is 5.55. The van der Waals surface area contributed by atoms with Crippen molar-refractivity contribution in [2.24, 2.45) is 0 Å². The minimum Gasteiger partial charge on any atom is -0.497 e. The van der Waals surface area contributed by atoms with E-state index < -0.39 is 23.1 Å². The molecule has 0 amide bonds. The Balaban J connectivity index is 2.46. The molecule has 1 aliphatic heterocycles. The molecule has 6 heteroatoms. The lowest BCUT2D eigenvalue weighted by Crippen LogP contribution is -2.58. The van der Waals surface area contributed by atoms with Crippen LogP contribution in [-0.4, -0.2) is 41.8 Å². The highest BCUT2D eigenvalue weighted by Gasteiger charge is 2.54. The van der Waals surface area contributed by atoms with E-state index in [2.05, 4.69) is 0 Å². The molecular formula is C15H17NO5. The molecule has 1 heterocycles. The first kappa shape index (κ1) is 15.0. The Morgan fingerprint density at radius 3 is 2.33 bits per heavy atom. The Hall–Kier alpha value is -2.37. The van der Waals surface area contributed by atoms with E-state index in [1.807, 2.05) is 0 Å². The molecule has 0 bridgehead atoms. The highest BCUT2D eigenvalue weighted by molar-refractivity contribution is 6.43. The molecular weight excluding hydrogens is 274 g/mol. The molecule has 2 rings (SSSR count). The molecule has 1 aromatic rings. The summed E-state index contributed by atoms with van der Waals surface area (Å²) < 4.78 is 5.07. The third-order valence-electron chi connectivity index (χ3n) is 3.92. The molecule has 1 aliphatic rings. The van der Waals surface area contributed by atoms with Gasteiger partial charge in [0, 0.05) is 12.2 Å². The number of carbonyl (C=O) groups excluding carboxylic acids is 2. The third kappa shape index (κ3) is 2.37. The van der Waals surface area contributed by atoms with Crippen molar-refractivity contribution in [3.05, 3.63) is 24.3 Å². The SMILES string of the molecule is COc1ccc(N2CCCC2(C(C)=O)C(=O)C(=O)O)cc1. The second-order valence-electron chi connectivity index (χ2n) is 5.00. The van der Waals surface area contributed by atoms with E-state index in [1.54, 1.807) is 36.3 Å². The lowest BCUT2D eigenvalue weighted by Gasteiger charge is -2.35. The van der Waals surface area contributed by atoms with Crippen molar-refractivity contribution in [3.8, 4) is 5.75 Å². The van der Waals surface area contributed by atoms with Gasteiger partial charge in [-0.1, -0.05) is 0 Å². The van der Waals surface area contributed by atoms with Gasteiger partial charge in [0.2, 0.25) is 0 Å². The summed E-state index contributed by atoms with van der Waals surface area (Å²) in [7, 11) is 1.54. The second-order valence-corrected chi connectivity index (χ2v) is 5.00. The van der Waals surface area contributed by atoms with Crippen LogP contribution >= 0.6 is 0 Å². The van der Waals surface area contributed by atoms with Crippen LogP contribution in [0.15, 0.2) is 24.3 Å². The summed E-state index contributed by atoms with van der Waals surface area (Å²) in [6, 6.07) is 6.86. The van der Waals surface area contributed by atoms with Gasteiger partial charge >= 0.3 is 5.97 Å². The number of nitrogens with zero attached hydrogens (tertiary/aromatic N) is 1. The molecule has 0 spiro atoms. The van der Waals surface area contributed by atoms with E-state index in [1.165, 1.54) is 6.92 Å². The zero-order valence-electron chi connectivity index (χ0n) is 12.0. The average Bonchev–Trinajstić information content (AvgIpc) is 2.92. The van der Waals surface area contributed by atoms with E-state index >= 15 is 0 Å². The van der Waals surface area contributed by atoms with Crippen LogP contribution in [-0.2, 0) is 14.4 Å². The highest BCUT2D eigenvalue weighted by Crippen LogP contribution is 2.36. The van der Waals surface area contributed by atoms with Gasteiger partial charge in [-0.2, -0.15) is 0 Å².